The topological polar surface area (TPSA) is 46.2 Å². The van der Waals surface area contributed by atoms with Crippen LogP contribution in [0.25, 0.3) is 0 Å². The van der Waals surface area contributed by atoms with E-state index in [9.17, 15) is 8.42 Å². The molecule has 0 bridgehead atoms. The summed E-state index contributed by atoms with van der Waals surface area (Å²) in [7, 11) is -3.03. The summed E-state index contributed by atoms with van der Waals surface area (Å²) in [6.45, 7) is 14.1. The summed E-state index contributed by atoms with van der Waals surface area (Å²) in [5.41, 5.74) is 0.146. The number of nitrogens with one attached hydrogen (secondary N) is 1. The minimum atomic E-state index is -3.03. The third-order valence-corrected chi connectivity index (χ3v) is 1.47. The SMILES string of the molecule is CC(C)(C)C.CC(C)(C)NS(C)(=O)=O. The van der Waals surface area contributed by atoms with Crippen molar-refractivity contribution in [3.8, 4) is 0 Å². The van der Waals surface area contributed by atoms with Crippen LogP contribution in [0, 0.1) is 5.41 Å². The summed E-state index contributed by atoms with van der Waals surface area (Å²) >= 11 is 0. The van der Waals surface area contributed by atoms with E-state index in [0.717, 1.165) is 6.26 Å². The zero-order valence-electron chi connectivity index (χ0n) is 10.7. The normalized spacial score (nSPS) is 13.1. The van der Waals surface area contributed by atoms with Crippen molar-refractivity contribution in [2.24, 2.45) is 5.41 Å². The highest BCUT2D eigenvalue weighted by atomic mass is 32.2. The zero-order valence-corrected chi connectivity index (χ0v) is 11.5. The van der Waals surface area contributed by atoms with Crippen molar-refractivity contribution < 1.29 is 8.42 Å². The maximum Gasteiger partial charge on any atom is 0.209 e. The molecule has 0 radical (unpaired) electrons. The van der Waals surface area contributed by atoms with Gasteiger partial charge in [0.2, 0.25) is 10.0 Å². The molecular formula is C10H25NO2S. The molecular weight excluding hydrogens is 198 g/mol. The van der Waals surface area contributed by atoms with Gasteiger partial charge >= 0.3 is 0 Å². The van der Waals surface area contributed by atoms with E-state index in [-0.39, 0.29) is 5.54 Å². The Morgan fingerprint density at radius 3 is 1.07 bits per heavy atom. The summed E-state index contributed by atoms with van der Waals surface area (Å²) < 4.78 is 23.5. The second-order valence-corrected chi connectivity index (χ2v) is 7.87. The van der Waals surface area contributed by atoms with Crippen molar-refractivity contribution in [3.05, 3.63) is 0 Å². The molecule has 4 heteroatoms. The Bertz CT molecular complexity index is 236. The average Bonchev–Trinajstić information content (AvgIpc) is 1.42. The summed E-state index contributed by atoms with van der Waals surface area (Å²) in [5, 5.41) is 0. The van der Waals surface area contributed by atoms with Crippen molar-refractivity contribution in [1.82, 2.24) is 4.72 Å². The van der Waals surface area contributed by atoms with Gasteiger partial charge in [0.15, 0.2) is 0 Å². The first-order valence-electron chi connectivity index (χ1n) is 4.70. The average molecular weight is 223 g/mol. The van der Waals surface area contributed by atoms with Crippen LogP contribution < -0.4 is 4.72 Å². The fourth-order valence-corrected chi connectivity index (χ4v) is 1.67. The van der Waals surface area contributed by atoms with Gasteiger partial charge in [0.25, 0.3) is 0 Å². The highest BCUT2D eigenvalue weighted by Gasteiger charge is 2.14. The summed E-state index contributed by atoms with van der Waals surface area (Å²) in [6.07, 6.45) is 1.15. The molecule has 0 aromatic carbocycles. The molecule has 0 unspecified atom stereocenters. The fourth-order valence-electron chi connectivity index (χ4n) is 0.556. The van der Waals surface area contributed by atoms with Crippen molar-refractivity contribution >= 4 is 10.0 Å². The molecule has 1 N–H and O–H groups in total. The monoisotopic (exact) mass is 223 g/mol. The van der Waals surface area contributed by atoms with Crippen LogP contribution in [0.1, 0.15) is 48.5 Å². The Balaban J connectivity index is 0. The van der Waals surface area contributed by atoms with Crippen molar-refractivity contribution in [2.45, 2.75) is 54.0 Å². The lowest BCUT2D eigenvalue weighted by Gasteiger charge is -2.17. The maximum atomic E-state index is 10.5. The first-order chi connectivity index (χ1) is 5.71. The molecule has 3 nitrogen and oxygen atoms in total. The van der Waals surface area contributed by atoms with Gasteiger partial charge in [0.05, 0.1) is 6.26 Å². The number of hydrogen-bond acceptors (Lipinski definition) is 2. The largest absolute Gasteiger partial charge is 0.213 e. The Morgan fingerprint density at radius 1 is 0.857 bits per heavy atom. The van der Waals surface area contributed by atoms with Gasteiger partial charge in [-0.1, -0.05) is 27.7 Å². The van der Waals surface area contributed by atoms with Crippen LogP contribution in [0.4, 0.5) is 0 Å². The van der Waals surface area contributed by atoms with E-state index in [2.05, 4.69) is 32.4 Å². The quantitative estimate of drug-likeness (QED) is 0.742. The van der Waals surface area contributed by atoms with Gasteiger partial charge in [-0.05, 0) is 26.2 Å². The highest BCUT2D eigenvalue weighted by Crippen LogP contribution is 2.08. The van der Waals surface area contributed by atoms with Crippen molar-refractivity contribution in [1.29, 1.82) is 0 Å². The third-order valence-electron chi connectivity index (χ3n) is 0.492. The molecule has 0 saturated carbocycles. The minimum Gasteiger partial charge on any atom is -0.213 e. The van der Waals surface area contributed by atoms with Gasteiger partial charge in [0.1, 0.15) is 0 Å². The lowest BCUT2D eigenvalue weighted by Crippen LogP contribution is -2.39. The molecule has 14 heavy (non-hydrogen) atoms. The second kappa shape index (κ2) is 5.12. The number of sulfonamides is 1. The molecule has 0 spiro atoms. The molecule has 88 valence electrons. The van der Waals surface area contributed by atoms with E-state index in [1.54, 1.807) is 20.8 Å². The Labute approximate surface area is 89.3 Å². The van der Waals surface area contributed by atoms with Crippen molar-refractivity contribution in [2.75, 3.05) is 6.26 Å². The lowest BCUT2D eigenvalue weighted by atomic mass is 10.0. The van der Waals surface area contributed by atoms with Crippen LogP contribution >= 0.6 is 0 Å². The van der Waals surface area contributed by atoms with E-state index in [1.165, 1.54) is 0 Å². The van der Waals surface area contributed by atoms with Crippen LogP contribution in [0.3, 0.4) is 0 Å². The van der Waals surface area contributed by atoms with Crippen LogP contribution in [-0.2, 0) is 10.0 Å². The molecule has 0 saturated heterocycles. The van der Waals surface area contributed by atoms with E-state index in [0.29, 0.717) is 5.41 Å². The molecule has 0 aromatic heterocycles. The fraction of sp³-hybridized carbons (Fsp3) is 1.00. The van der Waals surface area contributed by atoms with Gasteiger partial charge in [-0.3, -0.25) is 0 Å². The number of rotatable bonds is 1. The highest BCUT2D eigenvalue weighted by molar-refractivity contribution is 7.88. The van der Waals surface area contributed by atoms with E-state index < -0.39 is 10.0 Å². The standard InChI is InChI=1S/C5H13NO2S.C5H12/c1-5(2,3)6-9(4,7)8;1-5(2,3)4/h6H,1-4H3;1-4H3. The van der Waals surface area contributed by atoms with Crippen LogP contribution in [-0.4, -0.2) is 20.2 Å². The molecule has 0 atom stereocenters. The van der Waals surface area contributed by atoms with E-state index in [4.69, 9.17) is 0 Å². The van der Waals surface area contributed by atoms with Gasteiger partial charge in [-0.25, -0.2) is 13.1 Å². The number of hydrogen-bond donors (Lipinski definition) is 1. The third kappa shape index (κ3) is 40.6. The van der Waals surface area contributed by atoms with Gasteiger partial charge in [-0.15, -0.1) is 0 Å². The minimum absolute atomic E-state index is 0.354. The van der Waals surface area contributed by atoms with Gasteiger partial charge in [0, 0.05) is 5.54 Å². The molecule has 0 aliphatic rings. The first kappa shape index (κ1) is 16.3. The van der Waals surface area contributed by atoms with Crippen LogP contribution in [0.2, 0.25) is 0 Å². The maximum absolute atomic E-state index is 10.5. The zero-order chi connectivity index (χ0) is 12.2. The van der Waals surface area contributed by atoms with Crippen LogP contribution in [0.5, 0.6) is 0 Å². The van der Waals surface area contributed by atoms with Gasteiger partial charge < -0.3 is 0 Å². The molecule has 0 aliphatic heterocycles. The molecule has 0 fully saturated rings. The van der Waals surface area contributed by atoms with E-state index in [1.807, 2.05) is 0 Å². The lowest BCUT2D eigenvalue weighted by molar-refractivity contribution is 0.469. The molecule has 0 rings (SSSR count). The predicted octanol–water partition coefficient (Wildman–Crippen LogP) is 2.39. The molecule has 0 amide bonds. The van der Waals surface area contributed by atoms with E-state index >= 15 is 0 Å². The molecule has 0 aliphatic carbocycles. The molecule has 0 heterocycles. The summed E-state index contributed by atoms with van der Waals surface area (Å²) in [6, 6.07) is 0. The first-order valence-corrected chi connectivity index (χ1v) is 6.59. The van der Waals surface area contributed by atoms with Crippen LogP contribution in [0.15, 0.2) is 0 Å². The second-order valence-electron chi connectivity index (χ2n) is 6.12. The van der Waals surface area contributed by atoms with Gasteiger partial charge in [-0.2, -0.15) is 0 Å². The Hall–Kier alpha value is -0.0900. The summed E-state index contributed by atoms with van der Waals surface area (Å²) in [5.74, 6) is 0. The Kier molecular flexibility index (Phi) is 5.98. The predicted molar refractivity (Wildman–Crippen MR) is 62.9 cm³/mol. The summed E-state index contributed by atoms with van der Waals surface area (Å²) in [4.78, 5) is 0. The van der Waals surface area contributed by atoms with Crippen molar-refractivity contribution in [3.63, 3.8) is 0 Å². The molecule has 0 aromatic rings. The smallest absolute Gasteiger partial charge is 0.209 e. The Morgan fingerprint density at radius 2 is 1.07 bits per heavy atom.